The van der Waals surface area contributed by atoms with Crippen molar-refractivity contribution in [2.45, 2.75) is 0 Å². The standard InChI is InChI=1S/C12H11ClN2O/c1-16-9-4-2-3-8(7-9)11-10(14)5-6-15-12(11)13/h2-7H,1H3,(H2,14,15). The van der Waals surface area contributed by atoms with Gasteiger partial charge in [0, 0.05) is 17.4 Å². The highest BCUT2D eigenvalue weighted by Gasteiger charge is 2.08. The number of pyridine rings is 1. The lowest BCUT2D eigenvalue weighted by atomic mass is 10.1. The van der Waals surface area contributed by atoms with Gasteiger partial charge in [0.05, 0.1) is 7.11 Å². The summed E-state index contributed by atoms with van der Waals surface area (Å²) >= 11 is 6.03. The van der Waals surface area contributed by atoms with Crippen LogP contribution >= 0.6 is 11.6 Å². The van der Waals surface area contributed by atoms with Crippen molar-refractivity contribution in [2.75, 3.05) is 12.8 Å². The fraction of sp³-hybridized carbons (Fsp3) is 0.0833. The van der Waals surface area contributed by atoms with Gasteiger partial charge in [-0.1, -0.05) is 23.7 Å². The van der Waals surface area contributed by atoms with Crippen LogP contribution in [0.4, 0.5) is 5.69 Å². The second-order valence-corrected chi connectivity index (χ2v) is 3.66. The maximum atomic E-state index is 6.03. The normalized spacial score (nSPS) is 10.1. The summed E-state index contributed by atoms with van der Waals surface area (Å²) in [6.45, 7) is 0. The quantitative estimate of drug-likeness (QED) is 0.813. The monoisotopic (exact) mass is 234 g/mol. The molecule has 0 bridgehead atoms. The zero-order chi connectivity index (χ0) is 11.5. The number of nitrogens with two attached hydrogens (primary N) is 1. The average Bonchev–Trinajstić information content (AvgIpc) is 2.29. The maximum absolute atomic E-state index is 6.03. The molecule has 0 aliphatic heterocycles. The number of nitrogen functional groups attached to an aromatic ring is 1. The molecule has 0 atom stereocenters. The molecule has 2 aromatic rings. The molecule has 1 heterocycles. The van der Waals surface area contributed by atoms with Crippen LogP contribution in [0.5, 0.6) is 5.75 Å². The molecule has 16 heavy (non-hydrogen) atoms. The molecule has 82 valence electrons. The lowest BCUT2D eigenvalue weighted by Crippen LogP contribution is -1.93. The number of anilines is 1. The molecule has 0 saturated heterocycles. The predicted molar refractivity (Wildman–Crippen MR) is 65.6 cm³/mol. The zero-order valence-corrected chi connectivity index (χ0v) is 9.53. The van der Waals surface area contributed by atoms with Crippen molar-refractivity contribution >= 4 is 17.3 Å². The topological polar surface area (TPSA) is 48.1 Å². The Morgan fingerprint density at radius 2 is 2.12 bits per heavy atom. The lowest BCUT2D eigenvalue weighted by Gasteiger charge is -2.08. The third-order valence-corrected chi connectivity index (χ3v) is 2.58. The molecule has 0 saturated carbocycles. The fourth-order valence-corrected chi connectivity index (χ4v) is 1.79. The molecule has 0 aliphatic carbocycles. The van der Waals surface area contributed by atoms with E-state index in [2.05, 4.69) is 4.98 Å². The molecule has 0 unspecified atom stereocenters. The van der Waals surface area contributed by atoms with Gasteiger partial charge in [-0.25, -0.2) is 4.98 Å². The molecule has 0 fully saturated rings. The van der Waals surface area contributed by atoms with Gasteiger partial charge in [0.25, 0.3) is 0 Å². The highest BCUT2D eigenvalue weighted by atomic mass is 35.5. The summed E-state index contributed by atoms with van der Waals surface area (Å²) in [6, 6.07) is 9.27. The van der Waals surface area contributed by atoms with Crippen LogP contribution in [0.25, 0.3) is 11.1 Å². The number of hydrogen-bond donors (Lipinski definition) is 1. The number of rotatable bonds is 2. The molecule has 1 aromatic carbocycles. The summed E-state index contributed by atoms with van der Waals surface area (Å²) in [5.74, 6) is 0.761. The summed E-state index contributed by atoms with van der Waals surface area (Å²) in [5, 5.41) is 0.397. The van der Waals surface area contributed by atoms with Crippen LogP contribution < -0.4 is 10.5 Å². The fourth-order valence-electron chi connectivity index (χ4n) is 1.51. The van der Waals surface area contributed by atoms with Gasteiger partial charge < -0.3 is 10.5 Å². The average molecular weight is 235 g/mol. The van der Waals surface area contributed by atoms with Crippen LogP contribution in [0.1, 0.15) is 0 Å². The number of aromatic nitrogens is 1. The molecular weight excluding hydrogens is 224 g/mol. The Balaban J connectivity index is 2.58. The number of methoxy groups -OCH3 is 1. The van der Waals surface area contributed by atoms with Gasteiger partial charge in [-0.3, -0.25) is 0 Å². The zero-order valence-electron chi connectivity index (χ0n) is 8.77. The second-order valence-electron chi connectivity index (χ2n) is 3.30. The summed E-state index contributed by atoms with van der Waals surface area (Å²) < 4.78 is 5.15. The molecule has 0 spiro atoms. The van der Waals surface area contributed by atoms with Crippen LogP contribution in [-0.4, -0.2) is 12.1 Å². The highest BCUT2D eigenvalue weighted by molar-refractivity contribution is 6.32. The van der Waals surface area contributed by atoms with E-state index < -0.39 is 0 Å². The van der Waals surface area contributed by atoms with Gasteiger partial charge in [-0.05, 0) is 23.8 Å². The molecule has 0 amide bonds. The van der Waals surface area contributed by atoms with Crippen molar-refractivity contribution in [3.8, 4) is 16.9 Å². The van der Waals surface area contributed by atoms with Gasteiger partial charge in [-0.15, -0.1) is 0 Å². The SMILES string of the molecule is COc1cccc(-c2c(N)ccnc2Cl)c1. The summed E-state index contributed by atoms with van der Waals surface area (Å²) in [4.78, 5) is 4.02. The Labute approximate surface area is 98.8 Å². The Hall–Kier alpha value is -1.74. The summed E-state index contributed by atoms with van der Waals surface area (Å²) in [5.41, 5.74) is 8.12. The number of nitrogens with zero attached hydrogens (tertiary/aromatic N) is 1. The first-order valence-corrected chi connectivity index (χ1v) is 5.14. The summed E-state index contributed by atoms with van der Waals surface area (Å²) in [6.07, 6.45) is 1.58. The van der Waals surface area contributed by atoms with Crippen LogP contribution in [0, 0.1) is 0 Å². The van der Waals surface area contributed by atoms with Gasteiger partial charge in [0.1, 0.15) is 10.9 Å². The molecular formula is C12H11ClN2O. The van der Waals surface area contributed by atoms with E-state index in [0.717, 1.165) is 16.9 Å². The number of ether oxygens (including phenoxy) is 1. The van der Waals surface area contributed by atoms with E-state index in [9.17, 15) is 0 Å². The molecule has 0 aliphatic rings. The minimum atomic E-state index is 0.397. The van der Waals surface area contributed by atoms with Gasteiger partial charge in [0.15, 0.2) is 0 Å². The third kappa shape index (κ3) is 1.95. The first kappa shape index (κ1) is 10.8. The van der Waals surface area contributed by atoms with E-state index >= 15 is 0 Å². The Bertz CT molecular complexity index is 494. The molecule has 3 nitrogen and oxygen atoms in total. The van der Waals surface area contributed by atoms with Gasteiger partial charge in [0.2, 0.25) is 0 Å². The largest absolute Gasteiger partial charge is 0.497 e. The second kappa shape index (κ2) is 4.41. The van der Waals surface area contributed by atoms with E-state index in [4.69, 9.17) is 22.1 Å². The van der Waals surface area contributed by atoms with Crippen molar-refractivity contribution in [1.29, 1.82) is 0 Å². The minimum absolute atomic E-state index is 0.397. The molecule has 0 radical (unpaired) electrons. The van der Waals surface area contributed by atoms with E-state index in [1.807, 2.05) is 24.3 Å². The van der Waals surface area contributed by atoms with Gasteiger partial charge in [-0.2, -0.15) is 0 Å². The Morgan fingerprint density at radius 1 is 1.31 bits per heavy atom. The van der Waals surface area contributed by atoms with Crippen LogP contribution in [0.3, 0.4) is 0 Å². The smallest absolute Gasteiger partial charge is 0.138 e. The highest BCUT2D eigenvalue weighted by Crippen LogP contribution is 2.33. The number of benzene rings is 1. The first-order valence-electron chi connectivity index (χ1n) is 4.77. The lowest BCUT2D eigenvalue weighted by molar-refractivity contribution is 0.415. The predicted octanol–water partition coefficient (Wildman–Crippen LogP) is 2.99. The van der Waals surface area contributed by atoms with Crippen molar-refractivity contribution in [2.24, 2.45) is 0 Å². The van der Waals surface area contributed by atoms with Crippen molar-refractivity contribution < 1.29 is 4.74 Å². The molecule has 2 rings (SSSR count). The van der Waals surface area contributed by atoms with Crippen LogP contribution in [0.15, 0.2) is 36.5 Å². The van der Waals surface area contributed by atoms with Crippen molar-refractivity contribution in [1.82, 2.24) is 4.98 Å². The molecule has 4 heteroatoms. The molecule has 1 aromatic heterocycles. The van der Waals surface area contributed by atoms with E-state index in [0.29, 0.717) is 10.8 Å². The van der Waals surface area contributed by atoms with Crippen LogP contribution in [0.2, 0.25) is 5.15 Å². The number of hydrogen-bond acceptors (Lipinski definition) is 3. The Kier molecular flexibility index (Phi) is 2.97. The number of halogens is 1. The van der Waals surface area contributed by atoms with Crippen LogP contribution in [-0.2, 0) is 0 Å². The molecule has 2 N–H and O–H groups in total. The van der Waals surface area contributed by atoms with Crippen molar-refractivity contribution in [3.63, 3.8) is 0 Å². The Morgan fingerprint density at radius 3 is 2.81 bits per heavy atom. The van der Waals surface area contributed by atoms with Crippen molar-refractivity contribution in [3.05, 3.63) is 41.7 Å². The van der Waals surface area contributed by atoms with E-state index in [1.54, 1.807) is 19.4 Å². The third-order valence-electron chi connectivity index (χ3n) is 2.30. The summed E-state index contributed by atoms with van der Waals surface area (Å²) in [7, 11) is 1.62. The van der Waals surface area contributed by atoms with E-state index in [-0.39, 0.29) is 0 Å². The maximum Gasteiger partial charge on any atom is 0.138 e. The van der Waals surface area contributed by atoms with E-state index in [1.165, 1.54) is 0 Å². The first-order chi connectivity index (χ1) is 7.72. The minimum Gasteiger partial charge on any atom is -0.497 e. The van der Waals surface area contributed by atoms with Gasteiger partial charge >= 0.3 is 0 Å².